The largest absolute Gasteiger partial charge is 0.342 e. The second kappa shape index (κ2) is 12.7. The number of carbonyl (C=O) groups excluding carboxylic acids is 3. The summed E-state index contributed by atoms with van der Waals surface area (Å²) >= 11 is 1.66. The van der Waals surface area contributed by atoms with Crippen LogP contribution in [0.15, 0.2) is 54.6 Å². The Morgan fingerprint density at radius 3 is 2.40 bits per heavy atom. The van der Waals surface area contributed by atoms with Crippen LogP contribution < -0.4 is 5.32 Å². The van der Waals surface area contributed by atoms with Gasteiger partial charge in [0.2, 0.25) is 11.8 Å². The number of thioether (sulfide) groups is 1. The molecule has 2 unspecified atom stereocenters. The SMILES string of the molecule is CC(C)CCN1C(=O)C(CC(=O)N2CCC(N3CCc4ccccc4NC3=O)CC2)SC1[C@H](C)c1ccccc1. The van der Waals surface area contributed by atoms with Gasteiger partial charge in [0, 0.05) is 50.2 Å². The van der Waals surface area contributed by atoms with E-state index in [1.54, 1.807) is 11.8 Å². The summed E-state index contributed by atoms with van der Waals surface area (Å²) in [6.07, 6.45) is 3.54. The lowest BCUT2D eigenvalue weighted by Crippen LogP contribution is -2.50. The van der Waals surface area contributed by atoms with Crippen LogP contribution in [-0.4, -0.2) is 75.4 Å². The van der Waals surface area contributed by atoms with Crippen LogP contribution in [0.3, 0.4) is 0 Å². The van der Waals surface area contributed by atoms with E-state index in [0.717, 1.165) is 43.5 Å². The summed E-state index contributed by atoms with van der Waals surface area (Å²) < 4.78 is 0. The Labute approximate surface area is 242 Å². The van der Waals surface area contributed by atoms with Crippen LogP contribution in [0, 0.1) is 5.92 Å². The van der Waals surface area contributed by atoms with E-state index in [4.69, 9.17) is 0 Å². The first-order valence-electron chi connectivity index (χ1n) is 14.8. The van der Waals surface area contributed by atoms with Gasteiger partial charge in [-0.3, -0.25) is 9.59 Å². The highest BCUT2D eigenvalue weighted by molar-refractivity contribution is 8.01. The van der Waals surface area contributed by atoms with Crippen molar-refractivity contribution in [1.82, 2.24) is 14.7 Å². The maximum Gasteiger partial charge on any atom is 0.322 e. The number of nitrogens with one attached hydrogen (secondary N) is 1. The molecular formula is C32H42N4O3S. The Morgan fingerprint density at radius 2 is 1.68 bits per heavy atom. The molecule has 2 fully saturated rings. The first kappa shape index (κ1) is 28.5. The number of hydrogen-bond acceptors (Lipinski definition) is 4. The second-order valence-corrected chi connectivity index (χ2v) is 13.1. The van der Waals surface area contributed by atoms with Crippen molar-refractivity contribution in [3.05, 3.63) is 65.7 Å². The van der Waals surface area contributed by atoms with Gasteiger partial charge >= 0.3 is 6.03 Å². The minimum atomic E-state index is -0.344. The number of piperidine rings is 1. The van der Waals surface area contributed by atoms with Crippen molar-refractivity contribution in [3.8, 4) is 0 Å². The fraction of sp³-hybridized carbons (Fsp3) is 0.531. The molecule has 214 valence electrons. The Kier molecular flexibility index (Phi) is 9.03. The van der Waals surface area contributed by atoms with Crippen molar-refractivity contribution in [2.45, 2.75) is 75.5 Å². The van der Waals surface area contributed by atoms with Gasteiger partial charge in [-0.2, -0.15) is 0 Å². The fourth-order valence-electron chi connectivity index (χ4n) is 6.14. The van der Waals surface area contributed by atoms with E-state index < -0.39 is 0 Å². The number of amides is 4. The lowest BCUT2D eigenvalue weighted by atomic mass is 9.99. The molecule has 0 spiro atoms. The summed E-state index contributed by atoms with van der Waals surface area (Å²) in [6.45, 7) is 9.20. The average Bonchev–Trinajstić information content (AvgIpc) is 3.16. The average molecular weight is 563 g/mol. The zero-order chi connectivity index (χ0) is 28.2. The zero-order valence-electron chi connectivity index (χ0n) is 23.9. The molecule has 3 heterocycles. The standard InChI is InChI=1S/C32H42N4O3S/c1-22(2)13-19-36-30(38)28(40-31(36)23(3)24-9-5-4-6-10-24)21-29(37)34-17-15-26(16-18-34)35-20-14-25-11-7-8-12-27(25)33-32(35)39/h4-12,22-23,26,28,31H,13-21H2,1-3H3,(H,33,39)/t23-,28?,31?/m1/s1. The maximum absolute atomic E-state index is 13.6. The Hall–Kier alpha value is -3.00. The first-order chi connectivity index (χ1) is 19.3. The minimum Gasteiger partial charge on any atom is -0.342 e. The molecule has 8 heteroatoms. The molecule has 0 aromatic heterocycles. The van der Waals surface area contributed by atoms with Gasteiger partial charge in [-0.1, -0.05) is 69.3 Å². The predicted octanol–water partition coefficient (Wildman–Crippen LogP) is 5.58. The second-order valence-electron chi connectivity index (χ2n) is 11.8. The number of anilines is 1. The van der Waals surface area contributed by atoms with Crippen LogP contribution >= 0.6 is 11.8 Å². The summed E-state index contributed by atoms with van der Waals surface area (Å²) in [4.78, 5) is 45.8. The molecule has 7 nitrogen and oxygen atoms in total. The number of hydrogen-bond donors (Lipinski definition) is 1. The molecule has 2 aromatic rings. The Bertz CT molecular complexity index is 1200. The topological polar surface area (TPSA) is 73.0 Å². The van der Waals surface area contributed by atoms with Crippen molar-refractivity contribution in [2.24, 2.45) is 5.92 Å². The van der Waals surface area contributed by atoms with Gasteiger partial charge in [-0.25, -0.2) is 4.79 Å². The molecule has 40 heavy (non-hydrogen) atoms. The van der Waals surface area contributed by atoms with Gasteiger partial charge in [0.05, 0.1) is 10.6 Å². The van der Waals surface area contributed by atoms with E-state index in [0.29, 0.717) is 25.6 Å². The number of benzene rings is 2. The normalized spacial score (nSPS) is 22.8. The number of nitrogens with zero attached hydrogens (tertiary/aromatic N) is 3. The molecule has 0 saturated carbocycles. The van der Waals surface area contributed by atoms with E-state index in [-0.39, 0.29) is 46.8 Å². The van der Waals surface area contributed by atoms with Crippen LogP contribution in [0.25, 0.3) is 0 Å². The Balaban J connectivity index is 1.18. The fourth-order valence-corrected chi connectivity index (χ4v) is 7.72. The lowest BCUT2D eigenvalue weighted by Gasteiger charge is -2.38. The molecule has 2 aromatic carbocycles. The molecular weight excluding hydrogens is 520 g/mol. The van der Waals surface area contributed by atoms with Crippen molar-refractivity contribution in [2.75, 3.05) is 31.5 Å². The van der Waals surface area contributed by atoms with Gasteiger partial charge in [0.25, 0.3) is 0 Å². The third kappa shape index (κ3) is 6.32. The molecule has 0 radical (unpaired) electrons. The van der Waals surface area contributed by atoms with E-state index in [9.17, 15) is 14.4 Å². The first-order valence-corrected chi connectivity index (χ1v) is 15.7. The number of carbonyl (C=O) groups is 3. The van der Waals surface area contributed by atoms with Crippen LogP contribution in [-0.2, 0) is 16.0 Å². The molecule has 1 N–H and O–H groups in total. The Morgan fingerprint density at radius 1 is 0.975 bits per heavy atom. The summed E-state index contributed by atoms with van der Waals surface area (Å²) in [5.41, 5.74) is 3.27. The van der Waals surface area contributed by atoms with Crippen LogP contribution in [0.2, 0.25) is 0 Å². The number of urea groups is 1. The highest BCUT2D eigenvalue weighted by atomic mass is 32.2. The third-order valence-electron chi connectivity index (χ3n) is 8.63. The van der Waals surface area contributed by atoms with E-state index in [2.05, 4.69) is 44.3 Å². The van der Waals surface area contributed by atoms with Crippen molar-refractivity contribution in [3.63, 3.8) is 0 Å². The van der Waals surface area contributed by atoms with E-state index >= 15 is 0 Å². The van der Waals surface area contributed by atoms with E-state index in [1.807, 2.05) is 51.1 Å². The predicted molar refractivity (Wildman–Crippen MR) is 161 cm³/mol. The summed E-state index contributed by atoms with van der Waals surface area (Å²) in [5.74, 6) is 0.841. The summed E-state index contributed by atoms with van der Waals surface area (Å²) in [5, 5.41) is 2.75. The highest BCUT2D eigenvalue weighted by Gasteiger charge is 2.44. The number of likely N-dealkylation sites (tertiary alicyclic amines) is 1. The molecule has 2 saturated heterocycles. The number of fused-ring (bicyclic) bond motifs is 1. The van der Waals surface area contributed by atoms with Crippen molar-refractivity contribution < 1.29 is 14.4 Å². The molecule has 5 rings (SSSR count). The number of para-hydroxylation sites is 1. The third-order valence-corrected chi connectivity index (χ3v) is 10.3. The minimum absolute atomic E-state index is 0.0304. The van der Waals surface area contributed by atoms with Crippen molar-refractivity contribution >= 4 is 35.3 Å². The molecule has 4 amide bonds. The van der Waals surface area contributed by atoms with Gasteiger partial charge in [0.1, 0.15) is 0 Å². The summed E-state index contributed by atoms with van der Waals surface area (Å²) in [6, 6.07) is 18.4. The smallest absolute Gasteiger partial charge is 0.322 e. The number of rotatable bonds is 8. The molecule has 3 aliphatic heterocycles. The molecule has 3 atom stereocenters. The zero-order valence-corrected chi connectivity index (χ0v) is 24.7. The van der Waals surface area contributed by atoms with Gasteiger partial charge in [-0.15, -0.1) is 11.8 Å². The molecule has 0 bridgehead atoms. The maximum atomic E-state index is 13.6. The van der Waals surface area contributed by atoms with Gasteiger partial charge < -0.3 is 20.0 Å². The summed E-state index contributed by atoms with van der Waals surface area (Å²) in [7, 11) is 0. The van der Waals surface area contributed by atoms with Crippen LogP contribution in [0.5, 0.6) is 0 Å². The highest BCUT2D eigenvalue weighted by Crippen LogP contribution is 2.42. The van der Waals surface area contributed by atoms with Gasteiger partial charge in [-0.05, 0) is 48.8 Å². The van der Waals surface area contributed by atoms with E-state index in [1.165, 1.54) is 5.56 Å². The van der Waals surface area contributed by atoms with Crippen LogP contribution in [0.1, 0.15) is 63.5 Å². The molecule has 0 aliphatic carbocycles. The quantitative estimate of drug-likeness (QED) is 0.456. The molecule has 3 aliphatic rings. The lowest BCUT2D eigenvalue weighted by molar-refractivity contribution is -0.137. The van der Waals surface area contributed by atoms with Gasteiger partial charge in [0.15, 0.2) is 0 Å². The van der Waals surface area contributed by atoms with Crippen molar-refractivity contribution in [1.29, 1.82) is 0 Å². The van der Waals surface area contributed by atoms with Crippen LogP contribution in [0.4, 0.5) is 10.5 Å². The monoisotopic (exact) mass is 562 g/mol.